The number of fused-ring (bicyclic) bond motifs is 1. The quantitative estimate of drug-likeness (QED) is 0.787. The first-order chi connectivity index (χ1) is 12.1. The Morgan fingerprint density at radius 3 is 2.72 bits per heavy atom. The SMILES string of the molecule is Cc1nc(C)c2c(C)c(C(=O)NCCCOC3CCCCC3)sc2n1. The zero-order valence-corrected chi connectivity index (χ0v) is 16.2. The predicted molar refractivity (Wildman–Crippen MR) is 101 cm³/mol. The molecule has 1 aliphatic rings. The first kappa shape index (κ1) is 18.3. The largest absolute Gasteiger partial charge is 0.378 e. The van der Waals surface area contributed by atoms with Gasteiger partial charge in [-0.1, -0.05) is 19.3 Å². The van der Waals surface area contributed by atoms with E-state index in [9.17, 15) is 4.79 Å². The van der Waals surface area contributed by atoms with Gasteiger partial charge < -0.3 is 10.1 Å². The van der Waals surface area contributed by atoms with Crippen LogP contribution in [0.5, 0.6) is 0 Å². The van der Waals surface area contributed by atoms with E-state index in [1.54, 1.807) is 0 Å². The molecule has 0 saturated heterocycles. The van der Waals surface area contributed by atoms with E-state index in [1.165, 1.54) is 43.4 Å². The third kappa shape index (κ3) is 4.36. The number of thiophene rings is 1. The molecule has 0 radical (unpaired) electrons. The summed E-state index contributed by atoms with van der Waals surface area (Å²) in [7, 11) is 0. The van der Waals surface area contributed by atoms with Crippen LogP contribution in [0, 0.1) is 20.8 Å². The fourth-order valence-electron chi connectivity index (χ4n) is 3.53. The molecule has 0 spiro atoms. The Bertz CT molecular complexity index is 751. The Hall–Kier alpha value is -1.53. The van der Waals surface area contributed by atoms with Crippen LogP contribution in [0.15, 0.2) is 0 Å². The number of hydrogen-bond acceptors (Lipinski definition) is 5. The standard InChI is InChI=1S/C19H27N3O2S/c1-12-16-13(2)21-14(3)22-19(16)25-17(12)18(23)20-10-7-11-24-15-8-5-4-6-9-15/h15H,4-11H2,1-3H3,(H,20,23). The molecule has 1 fully saturated rings. The van der Waals surface area contributed by atoms with Crippen LogP contribution in [0.1, 0.15) is 65.3 Å². The summed E-state index contributed by atoms with van der Waals surface area (Å²) in [6.45, 7) is 7.20. The lowest BCUT2D eigenvalue weighted by atomic mass is 9.98. The second kappa shape index (κ2) is 8.23. The molecule has 136 valence electrons. The lowest BCUT2D eigenvalue weighted by Gasteiger charge is -2.21. The molecule has 3 rings (SSSR count). The van der Waals surface area contributed by atoms with Crippen LogP contribution in [0.3, 0.4) is 0 Å². The first-order valence-corrected chi connectivity index (χ1v) is 10.0. The van der Waals surface area contributed by atoms with Crippen LogP contribution in [-0.4, -0.2) is 35.1 Å². The van der Waals surface area contributed by atoms with Crippen LogP contribution >= 0.6 is 11.3 Å². The molecule has 1 saturated carbocycles. The Balaban J connectivity index is 1.52. The number of amides is 1. The summed E-state index contributed by atoms with van der Waals surface area (Å²) in [6.07, 6.45) is 7.57. The number of nitrogens with zero attached hydrogens (tertiary/aromatic N) is 2. The van der Waals surface area contributed by atoms with E-state index >= 15 is 0 Å². The van der Waals surface area contributed by atoms with Crippen molar-refractivity contribution in [2.24, 2.45) is 0 Å². The molecular weight excluding hydrogens is 334 g/mol. The minimum absolute atomic E-state index is 0.0183. The van der Waals surface area contributed by atoms with Gasteiger partial charge in [-0.2, -0.15) is 0 Å². The minimum atomic E-state index is -0.0183. The third-order valence-electron chi connectivity index (χ3n) is 4.80. The number of nitrogens with one attached hydrogen (secondary N) is 1. The highest BCUT2D eigenvalue weighted by molar-refractivity contribution is 7.20. The van der Waals surface area contributed by atoms with Crippen LogP contribution in [0.25, 0.3) is 10.2 Å². The molecule has 2 heterocycles. The fourth-order valence-corrected chi connectivity index (χ4v) is 4.72. The maximum absolute atomic E-state index is 12.5. The summed E-state index contributed by atoms with van der Waals surface area (Å²) >= 11 is 1.45. The van der Waals surface area contributed by atoms with Crippen molar-refractivity contribution in [1.29, 1.82) is 0 Å². The Kier molecular flexibility index (Phi) is 6.02. The molecule has 5 nitrogen and oxygen atoms in total. The summed E-state index contributed by atoms with van der Waals surface area (Å²) in [5.74, 6) is 0.730. The average Bonchev–Trinajstić information content (AvgIpc) is 2.92. The van der Waals surface area contributed by atoms with Gasteiger partial charge in [0.15, 0.2) is 0 Å². The number of rotatable bonds is 6. The van der Waals surface area contributed by atoms with Crippen molar-refractivity contribution in [2.75, 3.05) is 13.2 Å². The van der Waals surface area contributed by atoms with Gasteiger partial charge in [0.05, 0.1) is 11.0 Å². The summed E-state index contributed by atoms with van der Waals surface area (Å²) in [4.78, 5) is 23.0. The van der Waals surface area contributed by atoms with Gasteiger partial charge in [-0.3, -0.25) is 4.79 Å². The smallest absolute Gasteiger partial charge is 0.261 e. The third-order valence-corrected chi connectivity index (χ3v) is 5.99. The molecule has 1 aliphatic carbocycles. The van der Waals surface area contributed by atoms with E-state index in [0.29, 0.717) is 12.6 Å². The monoisotopic (exact) mass is 361 g/mol. The molecule has 1 amide bonds. The van der Waals surface area contributed by atoms with Gasteiger partial charge in [0, 0.05) is 24.2 Å². The first-order valence-electron chi connectivity index (χ1n) is 9.20. The van der Waals surface area contributed by atoms with Gasteiger partial charge in [-0.25, -0.2) is 9.97 Å². The van der Waals surface area contributed by atoms with E-state index in [1.807, 2.05) is 20.8 Å². The van der Waals surface area contributed by atoms with Crippen LogP contribution in [0.4, 0.5) is 0 Å². The van der Waals surface area contributed by atoms with Crippen molar-refractivity contribution < 1.29 is 9.53 Å². The fraction of sp³-hybridized carbons (Fsp3) is 0.632. The molecule has 2 aromatic rings. The molecule has 0 aromatic carbocycles. The molecule has 2 aromatic heterocycles. The van der Waals surface area contributed by atoms with E-state index in [2.05, 4.69) is 15.3 Å². The van der Waals surface area contributed by atoms with E-state index in [4.69, 9.17) is 4.74 Å². The lowest BCUT2D eigenvalue weighted by molar-refractivity contribution is 0.0273. The number of aromatic nitrogens is 2. The summed E-state index contributed by atoms with van der Waals surface area (Å²) in [5, 5.41) is 4.03. The highest BCUT2D eigenvalue weighted by Crippen LogP contribution is 2.31. The zero-order valence-electron chi connectivity index (χ0n) is 15.4. The minimum Gasteiger partial charge on any atom is -0.378 e. The van der Waals surface area contributed by atoms with E-state index < -0.39 is 0 Å². The number of carbonyl (C=O) groups excluding carboxylic acids is 1. The van der Waals surface area contributed by atoms with Crippen molar-refractivity contribution in [3.8, 4) is 0 Å². The summed E-state index contributed by atoms with van der Waals surface area (Å²) in [6, 6.07) is 0. The molecule has 0 atom stereocenters. The van der Waals surface area contributed by atoms with Gasteiger partial charge in [0.1, 0.15) is 10.7 Å². The second-order valence-electron chi connectivity index (χ2n) is 6.83. The van der Waals surface area contributed by atoms with Crippen LogP contribution in [-0.2, 0) is 4.74 Å². The molecule has 0 unspecified atom stereocenters. The van der Waals surface area contributed by atoms with Crippen LogP contribution < -0.4 is 5.32 Å². The molecule has 6 heteroatoms. The van der Waals surface area contributed by atoms with Gasteiger partial charge in [0.25, 0.3) is 5.91 Å². The van der Waals surface area contributed by atoms with Crippen molar-refractivity contribution >= 4 is 27.5 Å². The van der Waals surface area contributed by atoms with Crippen molar-refractivity contribution in [2.45, 2.75) is 65.4 Å². The molecule has 0 aliphatic heterocycles. The Labute approximate surface area is 153 Å². The molecule has 1 N–H and O–H groups in total. The van der Waals surface area contributed by atoms with E-state index in [-0.39, 0.29) is 5.91 Å². The molecule has 0 bridgehead atoms. The van der Waals surface area contributed by atoms with Gasteiger partial charge in [-0.15, -0.1) is 11.3 Å². The number of hydrogen-bond donors (Lipinski definition) is 1. The van der Waals surface area contributed by atoms with Crippen molar-refractivity contribution in [3.05, 3.63) is 22.0 Å². The molecular formula is C19H27N3O2S. The van der Waals surface area contributed by atoms with E-state index in [0.717, 1.165) is 45.2 Å². The summed E-state index contributed by atoms with van der Waals surface area (Å²) < 4.78 is 5.90. The zero-order chi connectivity index (χ0) is 17.8. The highest BCUT2D eigenvalue weighted by Gasteiger charge is 2.18. The van der Waals surface area contributed by atoms with Gasteiger partial charge in [0.2, 0.25) is 0 Å². The summed E-state index contributed by atoms with van der Waals surface area (Å²) in [5.41, 5.74) is 1.92. The number of aryl methyl sites for hydroxylation is 3. The number of carbonyl (C=O) groups is 1. The Morgan fingerprint density at radius 2 is 1.96 bits per heavy atom. The van der Waals surface area contributed by atoms with Crippen molar-refractivity contribution in [3.63, 3.8) is 0 Å². The molecule has 25 heavy (non-hydrogen) atoms. The Morgan fingerprint density at radius 1 is 1.20 bits per heavy atom. The lowest BCUT2D eigenvalue weighted by Crippen LogP contribution is -2.26. The van der Waals surface area contributed by atoms with Crippen molar-refractivity contribution in [1.82, 2.24) is 15.3 Å². The van der Waals surface area contributed by atoms with Gasteiger partial charge >= 0.3 is 0 Å². The van der Waals surface area contributed by atoms with Gasteiger partial charge in [-0.05, 0) is 45.6 Å². The number of ether oxygens (including phenoxy) is 1. The normalized spacial score (nSPS) is 15.6. The predicted octanol–water partition coefficient (Wildman–Crippen LogP) is 4.09. The maximum atomic E-state index is 12.5. The maximum Gasteiger partial charge on any atom is 0.261 e. The van der Waals surface area contributed by atoms with Crippen LogP contribution in [0.2, 0.25) is 0 Å². The highest BCUT2D eigenvalue weighted by atomic mass is 32.1. The average molecular weight is 362 g/mol. The topological polar surface area (TPSA) is 64.1 Å². The second-order valence-corrected chi connectivity index (χ2v) is 7.83.